The Morgan fingerprint density at radius 1 is 1.06 bits per heavy atom. The van der Waals surface area contributed by atoms with Crippen LogP contribution < -0.4 is 0 Å². The molecule has 106 valence electrons. The summed E-state index contributed by atoms with van der Waals surface area (Å²) in [5.41, 5.74) is 0.601. The molecule has 2 aliphatic rings. The predicted octanol–water partition coefficient (Wildman–Crippen LogP) is 2.29. The summed E-state index contributed by atoms with van der Waals surface area (Å²) in [4.78, 5) is 2.58. The van der Waals surface area contributed by atoms with Gasteiger partial charge in [0.15, 0.2) is 0 Å². The van der Waals surface area contributed by atoms with Crippen LogP contribution in [0.25, 0.3) is 0 Å². The summed E-state index contributed by atoms with van der Waals surface area (Å²) >= 11 is 0. The van der Waals surface area contributed by atoms with Gasteiger partial charge in [0.2, 0.25) is 0 Å². The molecule has 0 atom stereocenters. The molecule has 0 spiro atoms. The van der Waals surface area contributed by atoms with Gasteiger partial charge in [-0.2, -0.15) is 0 Å². The summed E-state index contributed by atoms with van der Waals surface area (Å²) in [6.07, 6.45) is 5.95. The standard InChI is InChI=1S/C15H29NO2/c1-14(2)4-3-8-16(9-5-14)12-15(13-17)6-10-18-11-7-15/h17H,3-13H2,1-2H3. The van der Waals surface area contributed by atoms with Crippen LogP contribution in [0, 0.1) is 10.8 Å². The van der Waals surface area contributed by atoms with Crippen LogP contribution in [-0.4, -0.2) is 49.5 Å². The van der Waals surface area contributed by atoms with Gasteiger partial charge in [-0.25, -0.2) is 0 Å². The second kappa shape index (κ2) is 5.89. The third-order valence-electron chi connectivity index (χ3n) is 4.88. The lowest BCUT2D eigenvalue weighted by atomic mass is 9.80. The van der Waals surface area contributed by atoms with E-state index in [0.717, 1.165) is 32.6 Å². The zero-order valence-electron chi connectivity index (χ0n) is 12.1. The van der Waals surface area contributed by atoms with Crippen molar-refractivity contribution < 1.29 is 9.84 Å². The number of rotatable bonds is 3. The van der Waals surface area contributed by atoms with E-state index in [9.17, 15) is 5.11 Å². The average molecular weight is 255 g/mol. The van der Waals surface area contributed by atoms with Crippen molar-refractivity contribution in [1.29, 1.82) is 0 Å². The topological polar surface area (TPSA) is 32.7 Å². The van der Waals surface area contributed by atoms with Crippen molar-refractivity contribution >= 4 is 0 Å². The molecule has 2 saturated heterocycles. The number of aliphatic hydroxyl groups is 1. The highest BCUT2D eigenvalue weighted by molar-refractivity contribution is 4.86. The van der Waals surface area contributed by atoms with E-state index in [1.807, 2.05) is 0 Å². The summed E-state index contributed by atoms with van der Waals surface area (Å²) in [5.74, 6) is 0. The minimum Gasteiger partial charge on any atom is -0.396 e. The summed E-state index contributed by atoms with van der Waals surface area (Å²) in [6.45, 7) is 10.2. The van der Waals surface area contributed by atoms with E-state index in [4.69, 9.17) is 4.74 Å². The van der Waals surface area contributed by atoms with Crippen molar-refractivity contribution in [2.45, 2.75) is 46.0 Å². The van der Waals surface area contributed by atoms with E-state index < -0.39 is 0 Å². The van der Waals surface area contributed by atoms with Crippen molar-refractivity contribution in [3.05, 3.63) is 0 Å². The minimum absolute atomic E-state index is 0.104. The average Bonchev–Trinajstić information content (AvgIpc) is 2.52. The van der Waals surface area contributed by atoms with Gasteiger partial charge < -0.3 is 14.7 Å². The van der Waals surface area contributed by atoms with E-state index in [1.165, 1.54) is 32.4 Å². The van der Waals surface area contributed by atoms with E-state index in [2.05, 4.69) is 18.7 Å². The summed E-state index contributed by atoms with van der Waals surface area (Å²) in [6, 6.07) is 0. The molecule has 0 aromatic heterocycles. The molecule has 2 rings (SSSR count). The Morgan fingerprint density at radius 2 is 1.78 bits per heavy atom. The van der Waals surface area contributed by atoms with E-state index in [0.29, 0.717) is 12.0 Å². The molecule has 0 bridgehead atoms. The van der Waals surface area contributed by atoms with Gasteiger partial charge in [-0.1, -0.05) is 13.8 Å². The van der Waals surface area contributed by atoms with Crippen LogP contribution in [0.4, 0.5) is 0 Å². The van der Waals surface area contributed by atoms with Crippen LogP contribution in [0.1, 0.15) is 46.0 Å². The molecule has 2 heterocycles. The maximum Gasteiger partial charge on any atom is 0.0501 e. The van der Waals surface area contributed by atoms with Gasteiger partial charge in [-0.15, -0.1) is 0 Å². The van der Waals surface area contributed by atoms with Crippen LogP contribution >= 0.6 is 0 Å². The Bertz CT molecular complexity index is 259. The molecule has 0 aromatic carbocycles. The van der Waals surface area contributed by atoms with E-state index in [1.54, 1.807) is 0 Å². The van der Waals surface area contributed by atoms with Crippen molar-refractivity contribution in [1.82, 2.24) is 4.90 Å². The van der Waals surface area contributed by atoms with Gasteiger partial charge in [0.25, 0.3) is 0 Å². The molecule has 2 aliphatic heterocycles. The van der Waals surface area contributed by atoms with Crippen LogP contribution in [-0.2, 0) is 4.74 Å². The van der Waals surface area contributed by atoms with Crippen molar-refractivity contribution in [3.8, 4) is 0 Å². The number of ether oxygens (including phenoxy) is 1. The van der Waals surface area contributed by atoms with Gasteiger partial charge in [-0.05, 0) is 50.6 Å². The normalized spacial score (nSPS) is 28.8. The predicted molar refractivity (Wildman–Crippen MR) is 73.6 cm³/mol. The van der Waals surface area contributed by atoms with Crippen LogP contribution in [0.5, 0.6) is 0 Å². The molecule has 3 heteroatoms. The lowest BCUT2D eigenvalue weighted by molar-refractivity contribution is -0.0341. The van der Waals surface area contributed by atoms with Gasteiger partial charge in [-0.3, -0.25) is 0 Å². The number of hydrogen-bond acceptors (Lipinski definition) is 3. The highest BCUT2D eigenvalue weighted by Crippen LogP contribution is 2.34. The fourth-order valence-electron chi connectivity index (χ4n) is 3.28. The fourth-order valence-corrected chi connectivity index (χ4v) is 3.28. The fraction of sp³-hybridized carbons (Fsp3) is 1.00. The maximum atomic E-state index is 9.76. The second-order valence-corrected chi connectivity index (χ2v) is 7.06. The lowest BCUT2D eigenvalue weighted by Crippen LogP contribution is -2.44. The Labute approximate surface area is 112 Å². The highest BCUT2D eigenvalue weighted by atomic mass is 16.5. The van der Waals surface area contributed by atoms with Crippen LogP contribution in [0.2, 0.25) is 0 Å². The SMILES string of the molecule is CC1(C)CCCN(CC2(CO)CCOCC2)CC1. The largest absolute Gasteiger partial charge is 0.396 e. The molecule has 0 radical (unpaired) electrons. The molecule has 0 unspecified atom stereocenters. The molecule has 3 nitrogen and oxygen atoms in total. The summed E-state index contributed by atoms with van der Waals surface area (Å²) < 4.78 is 5.44. The number of aliphatic hydroxyl groups excluding tert-OH is 1. The lowest BCUT2D eigenvalue weighted by Gasteiger charge is -2.39. The smallest absolute Gasteiger partial charge is 0.0501 e. The number of hydrogen-bond donors (Lipinski definition) is 1. The molecule has 0 amide bonds. The Balaban J connectivity index is 1.91. The zero-order valence-corrected chi connectivity index (χ0v) is 12.1. The first kappa shape index (κ1) is 14.3. The van der Waals surface area contributed by atoms with Gasteiger partial charge in [0.05, 0.1) is 6.61 Å². The first-order valence-corrected chi connectivity index (χ1v) is 7.46. The molecule has 18 heavy (non-hydrogen) atoms. The zero-order chi connectivity index (χ0) is 13.1. The molecule has 2 fully saturated rings. The summed E-state index contributed by atoms with van der Waals surface area (Å²) in [7, 11) is 0. The van der Waals surface area contributed by atoms with Crippen LogP contribution in [0.15, 0.2) is 0 Å². The van der Waals surface area contributed by atoms with Gasteiger partial charge in [0, 0.05) is 25.2 Å². The Morgan fingerprint density at radius 3 is 2.44 bits per heavy atom. The van der Waals surface area contributed by atoms with Gasteiger partial charge in [0.1, 0.15) is 0 Å². The van der Waals surface area contributed by atoms with Crippen molar-refractivity contribution in [2.75, 3.05) is 39.5 Å². The molecule has 0 saturated carbocycles. The Kier molecular flexibility index (Phi) is 4.68. The molecule has 1 N–H and O–H groups in total. The van der Waals surface area contributed by atoms with E-state index in [-0.39, 0.29) is 5.41 Å². The molecular formula is C15H29NO2. The first-order chi connectivity index (χ1) is 8.55. The molecule has 0 aromatic rings. The van der Waals surface area contributed by atoms with Crippen LogP contribution in [0.3, 0.4) is 0 Å². The van der Waals surface area contributed by atoms with Gasteiger partial charge >= 0.3 is 0 Å². The molecular weight excluding hydrogens is 226 g/mol. The van der Waals surface area contributed by atoms with Crippen molar-refractivity contribution in [2.24, 2.45) is 10.8 Å². The number of nitrogens with zero attached hydrogens (tertiary/aromatic N) is 1. The highest BCUT2D eigenvalue weighted by Gasteiger charge is 2.35. The quantitative estimate of drug-likeness (QED) is 0.840. The first-order valence-electron chi connectivity index (χ1n) is 7.46. The molecule has 0 aliphatic carbocycles. The van der Waals surface area contributed by atoms with Crippen molar-refractivity contribution in [3.63, 3.8) is 0 Å². The minimum atomic E-state index is 0.104. The monoisotopic (exact) mass is 255 g/mol. The number of likely N-dealkylation sites (tertiary alicyclic amines) is 1. The maximum absolute atomic E-state index is 9.76. The van der Waals surface area contributed by atoms with E-state index >= 15 is 0 Å². The third kappa shape index (κ3) is 3.69. The second-order valence-electron chi connectivity index (χ2n) is 7.06. The summed E-state index contributed by atoms with van der Waals surface area (Å²) in [5, 5.41) is 9.76. The Hall–Kier alpha value is -0.120. The third-order valence-corrected chi connectivity index (χ3v) is 4.88.